The minimum absolute atomic E-state index is 0.108. The van der Waals surface area contributed by atoms with Crippen LogP contribution in [0.15, 0.2) is 106 Å². The number of dihydropyridines is 1. The van der Waals surface area contributed by atoms with E-state index in [1.165, 1.54) is 0 Å². The van der Waals surface area contributed by atoms with Crippen LogP contribution in [0.2, 0.25) is 0 Å². The number of nitrogens with one attached hydrogen (secondary N) is 2. The van der Waals surface area contributed by atoms with Crippen LogP contribution in [0.25, 0.3) is 5.70 Å². The maximum atomic E-state index is 11.4. The Morgan fingerprint density at radius 2 is 1.69 bits per heavy atom. The minimum Gasteiger partial charge on any atom is -0.478 e. The lowest BCUT2D eigenvalue weighted by Gasteiger charge is -2.27. The predicted octanol–water partition coefficient (Wildman–Crippen LogP) is 5.56. The molecule has 3 aromatic rings. The fraction of sp³-hybridized carbons (Fsp3) is 0.0400. The summed E-state index contributed by atoms with van der Waals surface area (Å²) in [5.74, 6) is 0.568. The first-order chi connectivity index (χ1) is 15.6. The molecule has 0 aliphatic carbocycles. The fourth-order valence-corrected chi connectivity index (χ4v) is 3.72. The van der Waals surface area contributed by atoms with Crippen LogP contribution in [0.1, 0.15) is 27.5 Å². The molecule has 0 bridgehead atoms. The standard InChI is InChI=1S/C25H18N4O3/c26-24-22-21(28-29-24)14-20(16-5-4-6-17(13-16)25(30)31)27-23(22)15-9-11-19(12-10-15)32-18-7-2-1-3-8-18/h1-14,23,26-27H,(H,30,31). The number of nitrogens with zero attached hydrogens (tertiary/aromatic N) is 2. The summed E-state index contributed by atoms with van der Waals surface area (Å²) >= 11 is 0. The van der Waals surface area contributed by atoms with Gasteiger partial charge in [-0.25, -0.2) is 4.79 Å². The van der Waals surface area contributed by atoms with Gasteiger partial charge in [-0.05, 0) is 53.6 Å². The third-order valence-electron chi connectivity index (χ3n) is 5.27. The second kappa shape index (κ2) is 7.96. The van der Waals surface area contributed by atoms with E-state index in [0.717, 1.165) is 22.6 Å². The number of benzene rings is 3. The summed E-state index contributed by atoms with van der Waals surface area (Å²) in [6.07, 6.45) is 1.80. The first-order valence-corrected chi connectivity index (χ1v) is 9.98. The highest BCUT2D eigenvalue weighted by molar-refractivity contribution is 6.02. The Hall–Kier alpha value is -4.52. The number of para-hydroxylation sites is 1. The van der Waals surface area contributed by atoms with Crippen LogP contribution in [-0.4, -0.2) is 16.9 Å². The van der Waals surface area contributed by atoms with Crippen molar-refractivity contribution in [3.05, 3.63) is 113 Å². The van der Waals surface area contributed by atoms with E-state index in [4.69, 9.17) is 10.1 Å². The van der Waals surface area contributed by atoms with Gasteiger partial charge in [0.25, 0.3) is 0 Å². The number of amidine groups is 1. The highest BCUT2D eigenvalue weighted by Crippen LogP contribution is 2.38. The summed E-state index contributed by atoms with van der Waals surface area (Å²) in [6, 6.07) is 23.5. The Morgan fingerprint density at radius 3 is 2.44 bits per heavy atom. The van der Waals surface area contributed by atoms with Crippen molar-refractivity contribution in [3.8, 4) is 11.5 Å². The number of rotatable bonds is 5. The van der Waals surface area contributed by atoms with Crippen LogP contribution in [0.5, 0.6) is 11.5 Å². The average molecular weight is 422 g/mol. The van der Waals surface area contributed by atoms with Gasteiger partial charge >= 0.3 is 5.97 Å². The van der Waals surface area contributed by atoms with Crippen LogP contribution >= 0.6 is 0 Å². The van der Waals surface area contributed by atoms with Crippen molar-refractivity contribution in [2.24, 2.45) is 10.2 Å². The summed E-state index contributed by atoms with van der Waals surface area (Å²) in [4.78, 5) is 11.4. The Labute approximate surface area is 183 Å². The number of ether oxygens (including phenoxy) is 1. The molecule has 3 N–H and O–H groups in total. The Balaban J connectivity index is 1.46. The van der Waals surface area contributed by atoms with Crippen molar-refractivity contribution < 1.29 is 14.6 Å². The molecule has 2 heterocycles. The molecule has 3 aromatic carbocycles. The maximum Gasteiger partial charge on any atom is 0.335 e. The lowest BCUT2D eigenvalue weighted by atomic mass is 9.92. The van der Waals surface area contributed by atoms with Gasteiger partial charge < -0.3 is 15.2 Å². The second-order valence-electron chi connectivity index (χ2n) is 7.35. The summed E-state index contributed by atoms with van der Waals surface area (Å²) in [5, 5.41) is 29.1. The molecule has 2 aliphatic heterocycles. The molecule has 0 amide bonds. The Bertz CT molecular complexity index is 1310. The number of carboxylic acids is 1. The predicted molar refractivity (Wildman–Crippen MR) is 120 cm³/mol. The van der Waals surface area contributed by atoms with Gasteiger partial charge in [0.15, 0.2) is 5.84 Å². The van der Waals surface area contributed by atoms with Crippen molar-refractivity contribution >= 4 is 17.5 Å². The molecule has 7 heteroatoms. The van der Waals surface area contributed by atoms with Crippen molar-refractivity contribution in [3.63, 3.8) is 0 Å². The maximum absolute atomic E-state index is 11.4. The highest BCUT2D eigenvalue weighted by Gasteiger charge is 2.31. The van der Waals surface area contributed by atoms with Crippen LogP contribution < -0.4 is 10.1 Å². The minimum atomic E-state index is -0.990. The van der Waals surface area contributed by atoms with Gasteiger partial charge in [-0.1, -0.05) is 42.5 Å². The number of aromatic carboxylic acids is 1. The number of allylic oxidation sites excluding steroid dienone is 1. The second-order valence-corrected chi connectivity index (χ2v) is 7.35. The van der Waals surface area contributed by atoms with Gasteiger partial charge in [-0.2, -0.15) is 0 Å². The summed E-state index contributed by atoms with van der Waals surface area (Å²) in [6.45, 7) is 0. The first-order valence-electron chi connectivity index (χ1n) is 9.98. The summed E-state index contributed by atoms with van der Waals surface area (Å²) in [7, 11) is 0. The normalized spacial score (nSPS) is 16.9. The van der Waals surface area contributed by atoms with Crippen molar-refractivity contribution in [2.75, 3.05) is 0 Å². The molecular formula is C25H18N4O3. The molecule has 0 radical (unpaired) electrons. The highest BCUT2D eigenvalue weighted by atomic mass is 16.5. The monoisotopic (exact) mass is 422 g/mol. The van der Waals surface area contributed by atoms with E-state index in [1.54, 1.807) is 24.3 Å². The first kappa shape index (κ1) is 19.4. The van der Waals surface area contributed by atoms with E-state index in [2.05, 4.69) is 15.5 Å². The van der Waals surface area contributed by atoms with E-state index in [-0.39, 0.29) is 17.4 Å². The summed E-state index contributed by atoms with van der Waals surface area (Å²) in [5.41, 5.74) is 3.83. The zero-order valence-electron chi connectivity index (χ0n) is 16.8. The molecule has 2 aliphatic rings. The van der Waals surface area contributed by atoms with Gasteiger partial charge in [-0.3, -0.25) is 5.41 Å². The van der Waals surface area contributed by atoms with Gasteiger partial charge in [0.05, 0.1) is 22.9 Å². The van der Waals surface area contributed by atoms with Crippen molar-refractivity contribution in [2.45, 2.75) is 6.04 Å². The number of azo groups is 1. The van der Waals surface area contributed by atoms with Gasteiger partial charge in [0, 0.05) is 5.70 Å². The molecule has 1 unspecified atom stereocenters. The van der Waals surface area contributed by atoms with E-state index in [9.17, 15) is 9.90 Å². The van der Waals surface area contributed by atoms with Crippen LogP contribution in [0, 0.1) is 5.41 Å². The largest absolute Gasteiger partial charge is 0.478 e. The topological polar surface area (TPSA) is 107 Å². The number of carboxylic acid groups (broad SMARTS) is 1. The molecule has 0 aromatic heterocycles. The molecule has 0 fully saturated rings. The van der Waals surface area contributed by atoms with E-state index in [0.29, 0.717) is 17.0 Å². The van der Waals surface area contributed by atoms with Crippen LogP contribution in [0.4, 0.5) is 0 Å². The number of hydrogen-bond donors (Lipinski definition) is 3. The number of carbonyl (C=O) groups is 1. The van der Waals surface area contributed by atoms with E-state index in [1.807, 2.05) is 60.7 Å². The fourth-order valence-electron chi connectivity index (χ4n) is 3.72. The Morgan fingerprint density at radius 1 is 0.938 bits per heavy atom. The van der Waals surface area contributed by atoms with Gasteiger partial charge in [0.2, 0.25) is 0 Å². The zero-order chi connectivity index (χ0) is 22.1. The molecular weight excluding hydrogens is 404 g/mol. The molecule has 0 spiro atoms. The van der Waals surface area contributed by atoms with Gasteiger partial charge in [0.1, 0.15) is 11.5 Å². The van der Waals surface area contributed by atoms with E-state index >= 15 is 0 Å². The molecule has 0 saturated heterocycles. The lowest BCUT2D eigenvalue weighted by Crippen LogP contribution is -2.27. The van der Waals surface area contributed by atoms with Crippen LogP contribution in [0.3, 0.4) is 0 Å². The smallest absolute Gasteiger partial charge is 0.335 e. The van der Waals surface area contributed by atoms with Crippen LogP contribution in [-0.2, 0) is 0 Å². The third kappa shape index (κ3) is 3.67. The quantitative estimate of drug-likeness (QED) is 0.500. The molecule has 0 saturated carbocycles. The Kier molecular flexibility index (Phi) is 4.84. The third-order valence-corrected chi connectivity index (χ3v) is 5.27. The lowest BCUT2D eigenvalue weighted by molar-refractivity contribution is 0.0697. The van der Waals surface area contributed by atoms with Gasteiger partial charge in [-0.15, -0.1) is 10.2 Å². The summed E-state index contributed by atoms with van der Waals surface area (Å²) < 4.78 is 5.88. The van der Waals surface area contributed by atoms with Crippen molar-refractivity contribution in [1.29, 1.82) is 5.41 Å². The molecule has 7 nitrogen and oxygen atoms in total. The molecule has 5 rings (SSSR count). The molecule has 32 heavy (non-hydrogen) atoms. The average Bonchev–Trinajstić information content (AvgIpc) is 3.20. The SMILES string of the molecule is N=C1N=NC2=C1C(c1ccc(Oc3ccccc3)cc1)NC(c1cccc(C(=O)O)c1)=C2. The molecule has 156 valence electrons. The van der Waals surface area contributed by atoms with Crippen molar-refractivity contribution in [1.82, 2.24) is 5.32 Å². The van der Waals surface area contributed by atoms with E-state index < -0.39 is 5.97 Å². The number of hydrogen-bond acceptors (Lipinski definition) is 5. The molecule has 1 atom stereocenters. The zero-order valence-corrected chi connectivity index (χ0v) is 16.8.